The van der Waals surface area contributed by atoms with Crippen molar-refractivity contribution in [2.75, 3.05) is 0 Å². The van der Waals surface area contributed by atoms with Crippen LogP contribution in [0.4, 0.5) is 0 Å². The molecular formula is C18H25N. The third-order valence-corrected chi connectivity index (χ3v) is 4.52. The van der Waals surface area contributed by atoms with E-state index in [-0.39, 0.29) is 5.41 Å². The van der Waals surface area contributed by atoms with Gasteiger partial charge in [0.2, 0.25) is 0 Å². The van der Waals surface area contributed by atoms with E-state index in [1.54, 1.807) is 11.3 Å². The van der Waals surface area contributed by atoms with Gasteiger partial charge in [-0.05, 0) is 47.9 Å². The second-order valence-electron chi connectivity index (χ2n) is 7.02. The van der Waals surface area contributed by atoms with Crippen LogP contribution in [0.1, 0.15) is 70.1 Å². The summed E-state index contributed by atoms with van der Waals surface area (Å²) in [6, 6.07) is 8.95. The van der Waals surface area contributed by atoms with Crippen molar-refractivity contribution < 1.29 is 0 Å². The number of hydrogen-bond acceptors (Lipinski definition) is 0. The fraction of sp³-hybridized carbons (Fsp3) is 0.556. The highest BCUT2D eigenvalue weighted by atomic mass is 14.9. The summed E-state index contributed by atoms with van der Waals surface area (Å²) in [5.41, 5.74) is 4.72. The third-order valence-electron chi connectivity index (χ3n) is 4.52. The van der Waals surface area contributed by atoms with Crippen LogP contribution in [0.2, 0.25) is 0 Å². The molecule has 1 aliphatic carbocycles. The molecule has 0 atom stereocenters. The number of pyridine rings is 1. The second kappa shape index (κ2) is 4.70. The topological polar surface area (TPSA) is 4.41 Å². The fourth-order valence-electron chi connectivity index (χ4n) is 3.54. The number of rotatable bonds is 1. The van der Waals surface area contributed by atoms with Crippen LogP contribution in [0.15, 0.2) is 30.5 Å². The van der Waals surface area contributed by atoms with E-state index in [0.29, 0.717) is 0 Å². The fourth-order valence-corrected chi connectivity index (χ4v) is 3.54. The highest BCUT2D eigenvalue weighted by Gasteiger charge is 2.27. The molecule has 1 heteroatoms. The van der Waals surface area contributed by atoms with Crippen molar-refractivity contribution >= 4 is 5.52 Å². The van der Waals surface area contributed by atoms with E-state index in [9.17, 15) is 0 Å². The van der Waals surface area contributed by atoms with Crippen LogP contribution in [0.3, 0.4) is 0 Å². The molecule has 0 bridgehead atoms. The molecule has 3 rings (SSSR count). The molecule has 1 fully saturated rings. The first kappa shape index (κ1) is 12.8. The predicted molar refractivity (Wildman–Crippen MR) is 81.9 cm³/mol. The molecule has 102 valence electrons. The molecule has 2 aromatic heterocycles. The normalized spacial score (nSPS) is 18.1. The quantitative estimate of drug-likeness (QED) is 0.652. The van der Waals surface area contributed by atoms with Gasteiger partial charge in [0.25, 0.3) is 0 Å². The summed E-state index contributed by atoms with van der Waals surface area (Å²) < 4.78 is 2.44. The Kier molecular flexibility index (Phi) is 3.16. The highest BCUT2D eigenvalue weighted by molar-refractivity contribution is 5.56. The number of nitrogens with zero attached hydrogens (tertiary/aromatic N) is 1. The van der Waals surface area contributed by atoms with E-state index in [1.807, 2.05) is 0 Å². The van der Waals surface area contributed by atoms with Gasteiger partial charge in [-0.1, -0.05) is 46.1 Å². The standard InChI is InChI=1S/C18H25N/c1-18(2,3)16-13-15-11-7-8-12-19(15)17(16)14-9-5-4-6-10-14/h7-8,11-14H,4-6,9-10H2,1-3H3. The lowest BCUT2D eigenvalue weighted by atomic mass is 9.79. The Labute approximate surface area is 116 Å². The van der Waals surface area contributed by atoms with Crippen molar-refractivity contribution in [1.29, 1.82) is 0 Å². The number of fused-ring (bicyclic) bond motifs is 1. The Morgan fingerprint density at radius 1 is 1.05 bits per heavy atom. The first-order valence-corrected chi connectivity index (χ1v) is 7.68. The van der Waals surface area contributed by atoms with Gasteiger partial charge in [0.15, 0.2) is 0 Å². The van der Waals surface area contributed by atoms with E-state index in [1.165, 1.54) is 37.6 Å². The van der Waals surface area contributed by atoms with E-state index < -0.39 is 0 Å². The lowest BCUT2D eigenvalue weighted by Crippen LogP contribution is -2.17. The molecule has 1 nitrogen and oxygen atoms in total. The van der Waals surface area contributed by atoms with Crippen LogP contribution in [-0.2, 0) is 5.41 Å². The molecule has 0 N–H and O–H groups in total. The van der Waals surface area contributed by atoms with Gasteiger partial charge in [-0.2, -0.15) is 0 Å². The maximum absolute atomic E-state index is 2.44. The van der Waals surface area contributed by atoms with Gasteiger partial charge in [-0.25, -0.2) is 0 Å². The Bertz CT molecular complexity index is 565. The number of aromatic nitrogens is 1. The Balaban J connectivity index is 2.18. The summed E-state index contributed by atoms with van der Waals surface area (Å²) in [5.74, 6) is 0.757. The first-order valence-electron chi connectivity index (χ1n) is 7.68. The van der Waals surface area contributed by atoms with Crippen LogP contribution in [0, 0.1) is 0 Å². The summed E-state index contributed by atoms with van der Waals surface area (Å²) in [7, 11) is 0. The summed E-state index contributed by atoms with van der Waals surface area (Å²) in [5, 5.41) is 0. The van der Waals surface area contributed by atoms with E-state index >= 15 is 0 Å². The van der Waals surface area contributed by atoms with Crippen molar-refractivity contribution in [3.05, 3.63) is 41.7 Å². The minimum absolute atomic E-state index is 0.235. The first-order chi connectivity index (χ1) is 9.07. The van der Waals surface area contributed by atoms with Gasteiger partial charge < -0.3 is 4.40 Å². The summed E-state index contributed by atoms with van der Waals surface area (Å²) in [6.45, 7) is 7.02. The molecule has 1 aliphatic rings. The molecule has 0 aromatic carbocycles. The van der Waals surface area contributed by atoms with Gasteiger partial charge in [0.1, 0.15) is 0 Å². The van der Waals surface area contributed by atoms with Gasteiger partial charge in [0, 0.05) is 17.4 Å². The minimum atomic E-state index is 0.235. The van der Waals surface area contributed by atoms with Crippen molar-refractivity contribution in [2.24, 2.45) is 0 Å². The summed E-state index contributed by atoms with van der Waals surface area (Å²) >= 11 is 0. The smallest absolute Gasteiger partial charge is 0.0456 e. The van der Waals surface area contributed by atoms with Crippen molar-refractivity contribution in [3.8, 4) is 0 Å². The molecule has 2 heterocycles. The van der Waals surface area contributed by atoms with Crippen LogP contribution >= 0.6 is 0 Å². The van der Waals surface area contributed by atoms with E-state index in [0.717, 1.165) is 5.92 Å². The molecule has 1 saturated carbocycles. The lowest BCUT2D eigenvalue weighted by Gasteiger charge is -2.27. The molecule has 0 aliphatic heterocycles. The monoisotopic (exact) mass is 255 g/mol. The zero-order valence-corrected chi connectivity index (χ0v) is 12.4. The minimum Gasteiger partial charge on any atom is -0.320 e. The van der Waals surface area contributed by atoms with Gasteiger partial charge >= 0.3 is 0 Å². The zero-order valence-electron chi connectivity index (χ0n) is 12.4. The molecular weight excluding hydrogens is 230 g/mol. The zero-order chi connectivity index (χ0) is 13.5. The lowest BCUT2D eigenvalue weighted by molar-refractivity contribution is 0.426. The van der Waals surface area contributed by atoms with Gasteiger partial charge in [-0.15, -0.1) is 0 Å². The van der Waals surface area contributed by atoms with Gasteiger partial charge in [0.05, 0.1) is 0 Å². The molecule has 0 radical (unpaired) electrons. The number of hydrogen-bond donors (Lipinski definition) is 0. The summed E-state index contributed by atoms with van der Waals surface area (Å²) in [4.78, 5) is 0. The van der Waals surface area contributed by atoms with Crippen molar-refractivity contribution in [2.45, 2.75) is 64.2 Å². The molecule has 0 saturated heterocycles. The Hall–Kier alpha value is -1.24. The Morgan fingerprint density at radius 3 is 2.47 bits per heavy atom. The van der Waals surface area contributed by atoms with Crippen LogP contribution in [0.25, 0.3) is 5.52 Å². The van der Waals surface area contributed by atoms with Crippen LogP contribution in [-0.4, -0.2) is 4.40 Å². The maximum Gasteiger partial charge on any atom is 0.0456 e. The molecule has 0 spiro atoms. The molecule has 0 unspecified atom stereocenters. The van der Waals surface area contributed by atoms with Crippen LogP contribution in [0.5, 0.6) is 0 Å². The summed E-state index contributed by atoms with van der Waals surface area (Å²) in [6.07, 6.45) is 9.19. The van der Waals surface area contributed by atoms with Gasteiger partial charge in [-0.3, -0.25) is 0 Å². The third kappa shape index (κ3) is 2.31. The highest BCUT2D eigenvalue weighted by Crippen LogP contribution is 2.39. The second-order valence-corrected chi connectivity index (χ2v) is 7.02. The van der Waals surface area contributed by atoms with E-state index in [2.05, 4.69) is 55.6 Å². The SMILES string of the molecule is CC(C)(C)c1cc2ccccn2c1C1CCCCC1. The van der Waals surface area contributed by atoms with E-state index in [4.69, 9.17) is 0 Å². The average molecular weight is 255 g/mol. The van der Waals surface area contributed by atoms with Crippen molar-refractivity contribution in [3.63, 3.8) is 0 Å². The van der Waals surface area contributed by atoms with Crippen molar-refractivity contribution in [1.82, 2.24) is 4.40 Å². The van der Waals surface area contributed by atoms with Crippen LogP contribution < -0.4 is 0 Å². The molecule has 19 heavy (non-hydrogen) atoms. The molecule has 2 aromatic rings. The Morgan fingerprint density at radius 2 is 1.79 bits per heavy atom. The maximum atomic E-state index is 2.44. The average Bonchev–Trinajstić information content (AvgIpc) is 2.79. The predicted octanol–water partition coefficient (Wildman–Crippen LogP) is 5.28. The molecule has 0 amide bonds. The largest absolute Gasteiger partial charge is 0.320 e.